The second-order valence-corrected chi connectivity index (χ2v) is 5.69. The number of nitrogens with zero attached hydrogens (tertiary/aromatic N) is 4. The van der Waals surface area contributed by atoms with E-state index in [1.807, 2.05) is 37.3 Å². The summed E-state index contributed by atoms with van der Waals surface area (Å²) in [6.07, 6.45) is 8.81. The van der Waals surface area contributed by atoms with Crippen LogP contribution in [0.2, 0.25) is 0 Å². The van der Waals surface area contributed by atoms with Crippen molar-refractivity contribution in [1.82, 2.24) is 15.0 Å². The number of nitrogen functional groups attached to an aromatic ring is 1. The van der Waals surface area contributed by atoms with Crippen molar-refractivity contribution in [3.63, 3.8) is 0 Å². The van der Waals surface area contributed by atoms with E-state index >= 15 is 0 Å². The van der Waals surface area contributed by atoms with Gasteiger partial charge in [0.05, 0.1) is 21.6 Å². The molecule has 0 bridgehead atoms. The van der Waals surface area contributed by atoms with Crippen LogP contribution in [0.4, 0.5) is 5.13 Å². The number of nitrogens with two attached hydrogens (primary N) is 1. The van der Waals surface area contributed by atoms with Gasteiger partial charge in [-0.3, -0.25) is 15.0 Å². The number of fused-ring (bicyclic) bond motifs is 1. The van der Waals surface area contributed by atoms with Crippen molar-refractivity contribution < 1.29 is 0 Å². The minimum absolute atomic E-state index is 0.483. The van der Waals surface area contributed by atoms with Crippen LogP contribution in [-0.2, 0) is 0 Å². The third kappa shape index (κ3) is 2.89. The molecule has 0 saturated heterocycles. The molecule has 114 valence electrons. The Morgan fingerprint density at radius 2 is 2.17 bits per heavy atom. The normalized spacial score (nSPS) is 12.1. The zero-order chi connectivity index (χ0) is 16.2. The van der Waals surface area contributed by atoms with E-state index in [1.54, 1.807) is 12.4 Å². The first kappa shape index (κ1) is 15.1. The molecular weight excluding hydrogens is 306 g/mol. The maximum absolute atomic E-state index is 5.96. The summed E-state index contributed by atoms with van der Waals surface area (Å²) in [6, 6.07) is 5.72. The van der Waals surface area contributed by atoms with E-state index in [0.29, 0.717) is 10.8 Å². The minimum atomic E-state index is 0.483. The van der Waals surface area contributed by atoms with Gasteiger partial charge in [-0.25, -0.2) is 4.98 Å². The molecule has 0 fully saturated rings. The first-order valence-electron chi connectivity index (χ1n) is 7.02. The predicted octanol–water partition coefficient (Wildman–Crippen LogP) is 3.84. The molecule has 3 heterocycles. The van der Waals surface area contributed by atoms with Gasteiger partial charge < -0.3 is 5.73 Å². The second kappa shape index (κ2) is 6.50. The Kier molecular flexibility index (Phi) is 4.25. The Morgan fingerprint density at radius 1 is 1.30 bits per heavy atom. The quantitative estimate of drug-likeness (QED) is 0.741. The third-order valence-corrected chi connectivity index (χ3v) is 4.10. The summed E-state index contributed by atoms with van der Waals surface area (Å²) in [5, 5.41) is 0.483. The molecule has 0 spiro atoms. The van der Waals surface area contributed by atoms with Crippen LogP contribution in [0.1, 0.15) is 12.6 Å². The number of rotatable bonds is 4. The molecule has 0 unspecified atom stereocenters. The number of thiazole rings is 1. The molecule has 0 aliphatic rings. The van der Waals surface area contributed by atoms with Gasteiger partial charge in [0.25, 0.3) is 0 Å². The van der Waals surface area contributed by atoms with E-state index in [-0.39, 0.29) is 0 Å². The van der Waals surface area contributed by atoms with E-state index < -0.39 is 0 Å². The fourth-order valence-electron chi connectivity index (χ4n) is 2.29. The fraction of sp³-hybridized carbons (Fsp3) is 0.0588. The van der Waals surface area contributed by atoms with Crippen LogP contribution in [0.25, 0.3) is 21.5 Å². The topological polar surface area (TPSA) is 77.0 Å². The smallest absolute Gasteiger partial charge is 0.181 e. The van der Waals surface area contributed by atoms with Gasteiger partial charge in [-0.2, -0.15) is 0 Å². The molecule has 6 heteroatoms. The van der Waals surface area contributed by atoms with Crippen LogP contribution in [0.15, 0.2) is 60.5 Å². The van der Waals surface area contributed by atoms with Gasteiger partial charge in [0.2, 0.25) is 0 Å². The van der Waals surface area contributed by atoms with Crippen LogP contribution >= 0.6 is 11.3 Å². The standard InChI is InChI=1S/C17H15N5S/c1-3-6-12(19-4-2)15-16(23-17(18)22-15)11-8-10-20-13-7-5-9-21-14(11)13/h3-10H,2H2,1H3,(H2,18,22)/b6-3-,19-12?. The van der Waals surface area contributed by atoms with Crippen LogP contribution in [0, 0.1) is 0 Å². The third-order valence-electron chi connectivity index (χ3n) is 3.18. The average molecular weight is 321 g/mol. The van der Waals surface area contributed by atoms with E-state index in [2.05, 4.69) is 26.5 Å². The van der Waals surface area contributed by atoms with Crippen LogP contribution in [0.5, 0.6) is 0 Å². The number of allylic oxidation sites excluding steroid dienone is 2. The molecule has 0 aliphatic heterocycles. The summed E-state index contributed by atoms with van der Waals surface area (Å²) in [6.45, 7) is 5.60. The van der Waals surface area contributed by atoms with Gasteiger partial charge in [0.1, 0.15) is 5.69 Å². The Labute approximate surface area is 138 Å². The average Bonchev–Trinajstić information content (AvgIpc) is 2.95. The highest BCUT2D eigenvalue weighted by Gasteiger charge is 2.18. The Morgan fingerprint density at radius 3 is 2.96 bits per heavy atom. The molecule has 0 aliphatic carbocycles. The lowest BCUT2D eigenvalue weighted by molar-refractivity contribution is 1.33. The van der Waals surface area contributed by atoms with Crippen molar-refractivity contribution in [1.29, 1.82) is 0 Å². The van der Waals surface area contributed by atoms with Crippen molar-refractivity contribution in [2.45, 2.75) is 6.92 Å². The van der Waals surface area contributed by atoms with E-state index in [4.69, 9.17) is 5.73 Å². The number of aromatic nitrogens is 3. The summed E-state index contributed by atoms with van der Waals surface area (Å²) in [5.41, 5.74) is 9.99. The second-order valence-electron chi connectivity index (χ2n) is 4.66. The molecule has 0 aromatic carbocycles. The predicted molar refractivity (Wildman–Crippen MR) is 96.6 cm³/mol. The Bertz CT molecular complexity index is 918. The summed E-state index contributed by atoms with van der Waals surface area (Å²) >= 11 is 1.41. The highest BCUT2D eigenvalue weighted by Crippen LogP contribution is 2.35. The van der Waals surface area contributed by atoms with Crippen LogP contribution in [-0.4, -0.2) is 20.7 Å². The van der Waals surface area contributed by atoms with Crippen LogP contribution < -0.4 is 5.73 Å². The summed E-state index contributed by atoms with van der Waals surface area (Å²) in [7, 11) is 0. The SMILES string of the molecule is C=CN=C(/C=C\C)c1nc(N)sc1-c1ccnc2cccnc12. The van der Waals surface area contributed by atoms with Gasteiger partial charge in [-0.15, -0.1) is 0 Å². The molecule has 0 saturated carbocycles. The van der Waals surface area contributed by atoms with Crippen LogP contribution in [0.3, 0.4) is 0 Å². The molecule has 23 heavy (non-hydrogen) atoms. The summed E-state index contributed by atoms with van der Waals surface area (Å²) < 4.78 is 0. The zero-order valence-electron chi connectivity index (χ0n) is 12.6. The molecule has 3 rings (SSSR count). The minimum Gasteiger partial charge on any atom is -0.375 e. The molecule has 3 aromatic heterocycles. The maximum atomic E-state index is 5.96. The number of pyridine rings is 2. The molecule has 3 aromatic rings. The van der Waals surface area contributed by atoms with Gasteiger partial charge in [0.15, 0.2) is 5.13 Å². The Hall–Kier alpha value is -2.86. The van der Waals surface area contributed by atoms with Crippen molar-refractivity contribution in [3.05, 3.63) is 61.2 Å². The lowest BCUT2D eigenvalue weighted by atomic mass is 10.1. The van der Waals surface area contributed by atoms with Gasteiger partial charge >= 0.3 is 0 Å². The first-order valence-corrected chi connectivity index (χ1v) is 7.84. The molecule has 0 atom stereocenters. The van der Waals surface area contributed by atoms with E-state index in [0.717, 1.165) is 27.2 Å². The summed E-state index contributed by atoms with van der Waals surface area (Å²) in [4.78, 5) is 18.5. The Balaban J connectivity index is 2.28. The molecule has 0 radical (unpaired) electrons. The number of hydrogen-bond acceptors (Lipinski definition) is 6. The lowest BCUT2D eigenvalue weighted by Crippen LogP contribution is -2.00. The lowest BCUT2D eigenvalue weighted by Gasteiger charge is -2.05. The highest BCUT2D eigenvalue weighted by atomic mass is 32.1. The largest absolute Gasteiger partial charge is 0.375 e. The number of anilines is 1. The van der Waals surface area contributed by atoms with Crippen molar-refractivity contribution >= 4 is 33.2 Å². The van der Waals surface area contributed by atoms with E-state index in [1.165, 1.54) is 17.5 Å². The molecule has 0 amide bonds. The first-order chi connectivity index (χ1) is 11.2. The van der Waals surface area contributed by atoms with Crippen molar-refractivity contribution in [2.24, 2.45) is 4.99 Å². The maximum Gasteiger partial charge on any atom is 0.181 e. The molecule has 5 nitrogen and oxygen atoms in total. The van der Waals surface area contributed by atoms with Gasteiger partial charge in [-0.05, 0) is 31.2 Å². The fourth-order valence-corrected chi connectivity index (χ4v) is 3.16. The summed E-state index contributed by atoms with van der Waals surface area (Å²) in [5.74, 6) is 0. The molecule has 2 N–H and O–H groups in total. The van der Waals surface area contributed by atoms with Gasteiger partial charge in [-0.1, -0.05) is 24.0 Å². The van der Waals surface area contributed by atoms with Crippen molar-refractivity contribution in [3.8, 4) is 10.4 Å². The van der Waals surface area contributed by atoms with Crippen molar-refractivity contribution in [2.75, 3.05) is 5.73 Å². The molecular formula is C17H15N5S. The zero-order valence-corrected chi connectivity index (χ0v) is 13.4. The van der Waals surface area contributed by atoms with Gasteiger partial charge in [0, 0.05) is 24.2 Å². The monoisotopic (exact) mass is 321 g/mol. The van der Waals surface area contributed by atoms with E-state index in [9.17, 15) is 0 Å². The number of hydrogen-bond donors (Lipinski definition) is 1. The number of aliphatic imine (C=N–C) groups is 1. The highest BCUT2D eigenvalue weighted by molar-refractivity contribution is 7.19.